The van der Waals surface area contributed by atoms with Gasteiger partial charge in [-0.1, -0.05) is 72.8 Å². The van der Waals surface area contributed by atoms with E-state index in [0.717, 1.165) is 150 Å². The van der Waals surface area contributed by atoms with E-state index in [9.17, 15) is 19.2 Å². The smallest absolute Gasteiger partial charge is 0.278 e. The van der Waals surface area contributed by atoms with E-state index >= 15 is 0 Å². The molecule has 0 fully saturated rings. The fraction of sp³-hybridized carbons (Fsp3) is 0.0417. The monoisotopic (exact) mass is 1640 g/mol. The van der Waals surface area contributed by atoms with Crippen molar-refractivity contribution in [1.82, 2.24) is 95.4 Å². The zero-order chi connectivity index (χ0) is 84.5. The van der Waals surface area contributed by atoms with Crippen molar-refractivity contribution in [3.05, 3.63) is 340 Å². The van der Waals surface area contributed by atoms with Gasteiger partial charge in [0.15, 0.2) is 11.5 Å². The number of hydrogen-bond acceptors (Lipinski definition) is 17. The van der Waals surface area contributed by atoms with E-state index in [-0.39, 0.29) is 23.6 Å². The van der Waals surface area contributed by atoms with Crippen LogP contribution in [-0.2, 0) is 0 Å². The van der Waals surface area contributed by atoms with Gasteiger partial charge in [0, 0.05) is 238 Å². The van der Waals surface area contributed by atoms with Gasteiger partial charge in [0.25, 0.3) is 23.6 Å². The number of ether oxygens (including phenoxy) is 3. The molecule has 1 aliphatic rings. The molecule has 29 nitrogen and oxygen atoms in total. The van der Waals surface area contributed by atoms with Crippen LogP contribution in [0.25, 0.3) is 144 Å². The predicted molar refractivity (Wildman–Crippen MR) is 479 cm³/mol. The number of amides is 3. The third-order valence-electron chi connectivity index (χ3n) is 21.1. The topological polar surface area (TPSA) is 392 Å². The number of fused-ring (bicyclic) bond motifs is 6. The van der Waals surface area contributed by atoms with E-state index in [4.69, 9.17) is 14.2 Å². The molecule has 15 heterocycles. The molecule has 29 heteroatoms. The molecule has 125 heavy (non-hydrogen) atoms. The Hall–Kier alpha value is -17.8. The van der Waals surface area contributed by atoms with Crippen LogP contribution in [0.5, 0.6) is 17.2 Å². The molecule has 0 aliphatic carbocycles. The number of carbonyl (C=O) groups excluding carboxylic acids is 4. The minimum atomic E-state index is -0.195. The molecule has 7 aromatic carbocycles. The largest absolute Gasteiger partial charge is 0.492 e. The highest BCUT2D eigenvalue weighted by molar-refractivity contribution is 6.10. The van der Waals surface area contributed by atoms with E-state index in [2.05, 4.69) is 131 Å². The van der Waals surface area contributed by atoms with Crippen LogP contribution in [-0.4, -0.2) is 139 Å². The van der Waals surface area contributed by atoms with E-state index in [1.165, 1.54) is 4.68 Å². The Balaban J connectivity index is 0.000000109. The zero-order valence-corrected chi connectivity index (χ0v) is 66.4. The van der Waals surface area contributed by atoms with E-state index in [0.29, 0.717) is 70.7 Å². The van der Waals surface area contributed by atoms with Crippen LogP contribution in [0.3, 0.4) is 0 Å². The molecule has 608 valence electrons. The SMILES string of the molecule is CCOc1ccccc1NC(=O)c1ccc(-c2cnc3[nH]cc(-c4cn[nH]c4)c3c2)cc1.O=C(Nc1ccc2c(c1)OCCO2)c1ccc(-c2cnc3[nH]cc(-c4cn[nH]c4)c3c2)cc1.O=C(Nc1cccc2cnccc12)c1ccc(-c2cnc3[nH]cc(-c4cn[nH]c4)c3c2)cc1.O=C(c1ccc(-c2cnc3[nH]cc(-c4cn[nH]c4)c3c2)cc1)n1cccn1. The Morgan fingerprint density at radius 1 is 0.368 bits per heavy atom. The van der Waals surface area contributed by atoms with Crippen molar-refractivity contribution < 1.29 is 33.4 Å². The number of hydrogen-bond donors (Lipinski definition) is 11. The standard InChI is InChI=1S/C26H18N6O.C25H19N5O3.C25H21N5O2.C20H14N6O/c33-26(32-24-3-1-2-18-11-27-9-8-21(18)24)17-6-4-16(5-7-17)19-10-22-23(20-13-30-31-14-20)15-29-25(22)28-12-19;31-25(30-19-5-6-22-23(10-19)33-8-7-32-22)16-3-1-15(2-4-16)17-9-20-21(18-12-28-29-13-18)14-27-24(20)26-11-17;1-2-32-23-6-4-3-5-22(23)30-25(31)17-9-7-16(8-10-17)18-11-20-21(19-13-28-29-14-19)15-27-24(20)26-12-18;27-20(26-7-1-6-25-26)14-4-2-13(3-5-14)15-8-17-18(16-10-23-24-11-16)12-22-19(17)21-9-15/h1-15H,(H,28,29)(H,30,31)(H,32,33);1-6,9-14H,7-8H2,(H,26,27)(H,28,29)(H,30,31);3-15H,2H2,1H3,(H,26,27)(H,28,29)(H,30,31);1-12H,(H,21,22)(H,23,24). The zero-order valence-electron chi connectivity index (χ0n) is 66.4. The number of nitrogens with zero attached hydrogens (tertiary/aromatic N) is 11. The number of rotatable bonds is 17. The highest BCUT2D eigenvalue weighted by atomic mass is 16.6. The number of H-pyrrole nitrogens is 8. The Labute approximate surface area is 709 Å². The third-order valence-corrected chi connectivity index (χ3v) is 21.1. The lowest BCUT2D eigenvalue weighted by atomic mass is 10.0. The normalized spacial score (nSPS) is 11.5. The van der Waals surface area contributed by atoms with Crippen molar-refractivity contribution in [2.75, 3.05) is 35.8 Å². The number of aromatic amines is 8. The van der Waals surface area contributed by atoms with Gasteiger partial charge in [-0.25, -0.2) is 24.6 Å². The van der Waals surface area contributed by atoms with Crippen LogP contribution in [0.15, 0.2) is 318 Å². The van der Waals surface area contributed by atoms with E-state index in [1.54, 1.807) is 98.1 Å². The summed E-state index contributed by atoms with van der Waals surface area (Å²) in [5.41, 5.74) is 23.5. The van der Waals surface area contributed by atoms with Crippen molar-refractivity contribution in [3.63, 3.8) is 0 Å². The summed E-state index contributed by atoms with van der Waals surface area (Å²) in [6, 6.07) is 60.5. The second-order valence-corrected chi connectivity index (χ2v) is 28.9. The summed E-state index contributed by atoms with van der Waals surface area (Å²) >= 11 is 0. The second kappa shape index (κ2) is 34.7. The summed E-state index contributed by atoms with van der Waals surface area (Å²) in [5.74, 6) is 1.27. The number of carbonyl (C=O) groups is 4. The highest BCUT2D eigenvalue weighted by Gasteiger charge is 2.20. The molecule has 0 spiro atoms. The Bertz CT molecular complexity index is 7400. The third kappa shape index (κ3) is 16.5. The molecular formula is C96H72N22O7. The molecule has 0 saturated heterocycles. The summed E-state index contributed by atoms with van der Waals surface area (Å²) in [6.45, 7) is 3.47. The Morgan fingerprint density at radius 2 is 0.784 bits per heavy atom. The quantitative estimate of drug-likeness (QED) is 0.0403. The van der Waals surface area contributed by atoms with Gasteiger partial charge in [0.2, 0.25) is 0 Å². The minimum Gasteiger partial charge on any atom is -0.492 e. The Kier molecular flexibility index (Phi) is 21.4. The average Bonchev–Trinajstić information content (AvgIpc) is 1.67. The number of para-hydroxylation sites is 2. The van der Waals surface area contributed by atoms with Crippen LogP contribution in [0.2, 0.25) is 0 Å². The first-order chi connectivity index (χ1) is 61.5. The van der Waals surface area contributed by atoms with Gasteiger partial charge in [-0.15, -0.1) is 0 Å². The van der Waals surface area contributed by atoms with Gasteiger partial charge < -0.3 is 50.1 Å². The van der Waals surface area contributed by atoms with Crippen molar-refractivity contribution >= 4 is 95.6 Å². The molecule has 0 atom stereocenters. The lowest BCUT2D eigenvalue weighted by Gasteiger charge is -2.19. The average molecular weight is 1650 g/mol. The van der Waals surface area contributed by atoms with Crippen molar-refractivity contribution in [2.45, 2.75) is 6.92 Å². The lowest BCUT2D eigenvalue weighted by molar-refractivity contribution is 0.0943. The van der Waals surface area contributed by atoms with Gasteiger partial charge in [-0.3, -0.25) is 44.6 Å². The molecule has 0 saturated carbocycles. The van der Waals surface area contributed by atoms with Crippen molar-refractivity contribution in [2.24, 2.45) is 0 Å². The summed E-state index contributed by atoms with van der Waals surface area (Å²) in [6.07, 6.45) is 36.3. The number of nitrogens with one attached hydrogen (secondary N) is 11. The van der Waals surface area contributed by atoms with Gasteiger partial charge in [-0.05, 0) is 144 Å². The van der Waals surface area contributed by atoms with Crippen LogP contribution in [0, 0.1) is 0 Å². The second-order valence-electron chi connectivity index (χ2n) is 28.9. The summed E-state index contributed by atoms with van der Waals surface area (Å²) in [7, 11) is 0. The fourth-order valence-electron chi connectivity index (χ4n) is 14.8. The molecule has 11 N–H and O–H groups in total. The predicted octanol–water partition coefficient (Wildman–Crippen LogP) is 18.8. The number of benzene rings is 7. The van der Waals surface area contributed by atoms with E-state index < -0.39 is 0 Å². The molecule has 22 rings (SSSR count). The molecule has 21 aromatic rings. The van der Waals surface area contributed by atoms with Crippen molar-refractivity contribution in [1.29, 1.82) is 0 Å². The van der Waals surface area contributed by atoms with Gasteiger partial charge in [0.1, 0.15) is 41.6 Å². The first-order valence-corrected chi connectivity index (χ1v) is 39.7. The van der Waals surface area contributed by atoms with Gasteiger partial charge >= 0.3 is 0 Å². The van der Waals surface area contributed by atoms with Gasteiger partial charge in [0.05, 0.1) is 37.1 Å². The Morgan fingerprint density at radius 3 is 1.21 bits per heavy atom. The van der Waals surface area contributed by atoms with Crippen LogP contribution in [0.4, 0.5) is 17.1 Å². The summed E-state index contributed by atoms with van der Waals surface area (Å²) < 4.78 is 18.0. The van der Waals surface area contributed by atoms with Crippen molar-refractivity contribution in [3.8, 4) is 106 Å². The first-order valence-electron chi connectivity index (χ1n) is 39.7. The first kappa shape index (κ1) is 77.2. The molecular weight excluding hydrogens is 1570 g/mol. The number of pyridine rings is 5. The minimum absolute atomic E-state index is 0.159. The van der Waals surface area contributed by atoms with E-state index in [1.807, 2.05) is 203 Å². The molecule has 1 aliphatic heterocycles. The van der Waals surface area contributed by atoms with Gasteiger partial charge in [-0.2, -0.15) is 25.5 Å². The van der Waals surface area contributed by atoms with Crippen LogP contribution in [0.1, 0.15) is 48.4 Å². The number of anilines is 3. The van der Waals surface area contributed by atoms with Crippen LogP contribution >= 0.6 is 0 Å². The summed E-state index contributed by atoms with van der Waals surface area (Å²) in [5, 5.41) is 46.3. The maximum atomic E-state index is 12.9. The summed E-state index contributed by atoms with van der Waals surface area (Å²) in [4.78, 5) is 85.8. The molecule has 0 bridgehead atoms. The molecule has 0 radical (unpaired) electrons. The molecule has 0 unspecified atom stereocenters. The maximum absolute atomic E-state index is 12.9. The molecule has 14 aromatic heterocycles. The highest BCUT2D eigenvalue weighted by Crippen LogP contribution is 2.38. The van der Waals surface area contributed by atoms with Crippen LogP contribution < -0.4 is 30.2 Å². The molecule has 3 amide bonds. The fourth-order valence-corrected chi connectivity index (χ4v) is 14.8. The lowest BCUT2D eigenvalue weighted by Crippen LogP contribution is -2.16. The maximum Gasteiger partial charge on any atom is 0.278 e. The number of aromatic nitrogens is 19.